The van der Waals surface area contributed by atoms with E-state index in [0.717, 1.165) is 41.6 Å². The van der Waals surface area contributed by atoms with Crippen molar-refractivity contribution in [1.82, 2.24) is 14.1 Å². The van der Waals surface area contributed by atoms with Gasteiger partial charge in [-0.2, -0.15) is 5.26 Å². The molecule has 2 aromatic heterocycles. The Kier molecular flexibility index (Phi) is 6.96. The number of carbonyl (C=O) groups excluding carboxylic acids is 1. The topological polar surface area (TPSA) is 84.9 Å². The number of aromatic nitrogens is 3. The Morgan fingerprint density at radius 1 is 1.19 bits per heavy atom. The lowest BCUT2D eigenvalue weighted by Crippen LogP contribution is -2.22. The lowest BCUT2D eigenvalue weighted by atomic mass is 10.2. The maximum Gasteiger partial charge on any atom is 0.235 e. The molecule has 2 fully saturated rings. The average molecular weight is 456 g/mol. The SMILES string of the molecule is Cc1nc(SCC(=O)Nc2c(C#N)c(C)c(C)n2C[C@@H]2CCCO2)n(C2CCCC2)c1C. The van der Waals surface area contributed by atoms with Crippen molar-refractivity contribution in [2.45, 2.75) is 90.1 Å². The molecule has 0 unspecified atom stereocenters. The van der Waals surface area contributed by atoms with Gasteiger partial charge in [0, 0.05) is 24.0 Å². The average Bonchev–Trinajstić information content (AvgIpc) is 3.55. The van der Waals surface area contributed by atoms with Crippen LogP contribution in [0.4, 0.5) is 5.82 Å². The van der Waals surface area contributed by atoms with E-state index in [0.29, 0.717) is 24.0 Å². The Morgan fingerprint density at radius 2 is 1.94 bits per heavy atom. The van der Waals surface area contributed by atoms with Crippen LogP contribution < -0.4 is 5.32 Å². The van der Waals surface area contributed by atoms with E-state index >= 15 is 0 Å². The molecular weight excluding hydrogens is 422 g/mol. The molecule has 7 nitrogen and oxygen atoms in total. The van der Waals surface area contributed by atoms with E-state index in [2.05, 4.69) is 22.9 Å². The smallest absolute Gasteiger partial charge is 0.235 e. The Morgan fingerprint density at radius 3 is 2.59 bits per heavy atom. The van der Waals surface area contributed by atoms with Crippen LogP contribution in [-0.2, 0) is 16.1 Å². The molecule has 1 aliphatic carbocycles. The highest BCUT2D eigenvalue weighted by atomic mass is 32.2. The van der Waals surface area contributed by atoms with Crippen LogP contribution >= 0.6 is 11.8 Å². The van der Waals surface area contributed by atoms with Crippen LogP contribution in [0, 0.1) is 39.0 Å². The van der Waals surface area contributed by atoms with Gasteiger partial charge in [0.1, 0.15) is 11.9 Å². The number of rotatable bonds is 7. The minimum Gasteiger partial charge on any atom is -0.376 e. The summed E-state index contributed by atoms with van der Waals surface area (Å²) >= 11 is 1.48. The summed E-state index contributed by atoms with van der Waals surface area (Å²) in [5.74, 6) is 0.736. The van der Waals surface area contributed by atoms with E-state index in [-0.39, 0.29) is 17.8 Å². The standard InChI is InChI=1S/C24H33N5O2S/c1-15-17(3)28(13-20-10-7-11-31-20)23(21(15)12-25)27-22(30)14-32-24-26-16(2)18(4)29(24)19-8-5-6-9-19/h19-20H,5-11,13-14H2,1-4H3,(H,27,30)/t20-/m0/s1. The van der Waals surface area contributed by atoms with E-state index in [4.69, 9.17) is 9.72 Å². The summed E-state index contributed by atoms with van der Waals surface area (Å²) in [6.07, 6.45) is 7.05. The van der Waals surface area contributed by atoms with Gasteiger partial charge in [-0.3, -0.25) is 4.79 Å². The fourth-order valence-electron chi connectivity index (χ4n) is 4.94. The summed E-state index contributed by atoms with van der Waals surface area (Å²) in [6.45, 7) is 9.52. The number of aryl methyl sites for hydroxylation is 1. The summed E-state index contributed by atoms with van der Waals surface area (Å²) in [7, 11) is 0. The van der Waals surface area contributed by atoms with Crippen LogP contribution in [0.5, 0.6) is 0 Å². The molecule has 3 heterocycles. The van der Waals surface area contributed by atoms with Crippen molar-refractivity contribution in [2.75, 3.05) is 17.7 Å². The first-order valence-corrected chi connectivity index (χ1v) is 12.6. The highest BCUT2D eigenvalue weighted by Crippen LogP contribution is 2.35. The number of amides is 1. The molecule has 32 heavy (non-hydrogen) atoms. The van der Waals surface area contributed by atoms with Gasteiger partial charge >= 0.3 is 0 Å². The summed E-state index contributed by atoms with van der Waals surface area (Å²) in [5.41, 5.74) is 4.68. The van der Waals surface area contributed by atoms with Crippen LogP contribution in [0.25, 0.3) is 0 Å². The summed E-state index contributed by atoms with van der Waals surface area (Å²) in [6, 6.07) is 2.77. The van der Waals surface area contributed by atoms with E-state index in [1.165, 1.54) is 43.1 Å². The number of ether oxygens (including phenoxy) is 1. The second-order valence-electron chi connectivity index (χ2n) is 9.00. The predicted molar refractivity (Wildman–Crippen MR) is 126 cm³/mol. The minimum atomic E-state index is -0.117. The summed E-state index contributed by atoms with van der Waals surface area (Å²) < 4.78 is 10.2. The third-order valence-electron chi connectivity index (χ3n) is 6.99. The maximum absolute atomic E-state index is 13.0. The number of nitrogens with zero attached hydrogens (tertiary/aromatic N) is 4. The molecule has 0 bridgehead atoms. The molecular formula is C24H33N5O2S. The molecule has 1 aliphatic heterocycles. The van der Waals surface area contributed by atoms with E-state index < -0.39 is 0 Å². The molecule has 1 saturated heterocycles. The van der Waals surface area contributed by atoms with Gasteiger partial charge in [0.05, 0.1) is 29.7 Å². The van der Waals surface area contributed by atoms with Gasteiger partial charge in [0.25, 0.3) is 0 Å². The van der Waals surface area contributed by atoms with Crippen molar-refractivity contribution >= 4 is 23.5 Å². The lowest BCUT2D eigenvalue weighted by Gasteiger charge is -2.18. The molecule has 1 saturated carbocycles. The maximum atomic E-state index is 13.0. The zero-order valence-electron chi connectivity index (χ0n) is 19.5. The van der Waals surface area contributed by atoms with Gasteiger partial charge in [-0.05, 0) is 58.9 Å². The molecule has 1 atom stereocenters. The Bertz CT molecular complexity index is 1040. The van der Waals surface area contributed by atoms with E-state index in [1.54, 1.807) is 0 Å². The van der Waals surface area contributed by atoms with Crippen LogP contribution in [0.15, 0.2) is 5.16 Å². The number of carbonyl (C=O) groups is 1. The zero-order chi connectivity index (χ0) is 22.8. The molecule has 8 heteroatoms. The van der Waals surface area contributed by atoms with E-state index in [1.807, 2.05) is 25.3 Å². The van der Waals surface area contributed by atoms with Crippen molar-refractivity contribution in [3.8, 4) is 6.07 Å². The number of nitriles is 1. The molecule has 1 N–H and O–H groups in total. The number of hydrogen-bond acceptors (Lipinski definition) is 5. The molecule has 0 radical (unpaired) electrons. The first-order valence-electron chi connectivity index (χ1n) is 11.6. The molecule has 2 aliphatic rings. The van der Waals surface area contributed by atoms with Gasteiger partial charge < -0.3 is 19.2 Å². The Hall–Kier alpha value is -2.24. The Labute approximate surface area is 194 Å². The van der Waals surface area contributed by atoms with Crippen molar-refractivity contribution in [2.24, 2.45) is 0 Å². The molecule has 1 amide bonds. The highest BCUT2D eigenvalue weighted by molar-refractivity contribution is 7.99. The third kappa shape index (κ3) is 4.46. The molecule has 172 valence electrons. The second-order valence-corrected chi connectivity index (χ2v) is 9.94. The second kappa shape index (κ2) is 9.72. The number of imidazole rings is 1. The minimum absolute atomic E-state index is 0.117. The number of anilines is 1. The monoisotopic (exact) mass is 455 g/mol. The fraction of sp³-hybridized carbons (Fsp3) is 0.625. The lowest BCUT2D eigenvalue weighted by molar-refractivity contribution is -0.113. The number of hydrogen-bond donors (Lipinski definition) is 1. The quantitative estimate of drug-likeness (QED) is 0.605. The predicted octanol–water partition coefficient (Wildman–Crippen LogP) is 4.81. The zero-order valence-corrected chi connectivity index (χ0v) is 20.3. The van der Waals surface area contributed by atoms with Gasteiger partial charge in [-0.1, -0.05) is 24.6 Å². The highest BCUT2D eigenvalue weighted by Gasteiger charge is 2.26. The van der Waals surface area contributed by atoms with Gasteiger partial charge in [0.2, 0.25) is 5.91 Å². The van der Waals surface area contributed by atoms with Crippen LogP contribution in [0.3, 0.4) is 0 Å². The molecule has 0 aromatic carbocycles. The first-order chi connectivity index (χ1) is 15.4. The van der Waals surface area contributed by atoms with Gasteiger partial charge in [0.15, 0.2) is 5.16 Å². The fourth-order valence-corrected chi connectivity index (χ4v) is 5.90. The first kappa shape index (κ1) is 22.9. The normalized spacial score (nSPS) is 18.9. The van der Waals surface area contributed by atoms with Crippen LogP contribution in [0.2, 0.25) is 0 Å². The number of thioether (sulfide) groups is 1. The van der Waals surface area contributed by atoms with Crippen LogP contribution in [-0.4, -0.2) is 38.5 Å². The summed E-state index contributed by atoms with van der Waals surface area (Å²) in [5, 5.41) is 13.7. The van der Waals surface area contributed by atoms with Crippen molar-refractivity contribution in [3.63, 3.8) is 0 Å². The summed E-state index contributed by atoms with van der Waals surface area (Å²) in [4.78, 5) is 17.7. The molecule has 0 spiro atoms. The molecule has 4 rings (SSSR count). The van der Waals surface area contributed by atoms with Gasteiger partial charge in [-0.25, -0.2) is 4.98 Å². The molecule has 2 aromatic rings. The van der Waals surface area contributed by atoms with E-state index in [9.17, 15) is 10.1 Å². The van der Waals surface area contributed by atoms with Crippen LogP contribution in [0.1, 0.15) is 72.8 Å². The van der Waals surface area contributed by atoms with Crippen molar-refractivity contribution in [1.29, 1.82) is 5.26 Å². The van der Waals surface area contributed by atoms with Crippen molar-refractivity contribution in [3.05, 3.63) is 28.2 Å². The third-order valence-corrected chi connectivity index (χ3v) is 7.94. The Balaban J connectivity index is 1.50. The largest absolute Gasteiger partial charge is 0.376 e. The van der Waals surface area contributed by atoms with Gasteiger partial charge in [-0.15, -0.1) is 0 Å². The number of nitrogens with one attached hydrogen (secondary N) is 1. The van der Waals surface area contributed by atoms with Crippen molar-refractivity contribution < 1.29 is 9.53 Å².